The lowest BCUT2D eigenvalue weighted by molar-refractivity contribution is -0.119. The molecular formula is C14H16N2OS. The van der Waals surface area contributed by atoms with E-state index >= 15 is 0 Å². The number of anilines is 1. The molecule has 2 saturated carbocycles. The quantitative estimate of drug-likeness (QED) is 0.887. The third-order valence-corrected chi connectivity index (χ3v) is 5.47. The van der Waals surface area contributed by atoms with Gasteiger partial charge in [0, 0.05) is 10.8 Å². The van der Waals surface area contributed by atoms with Gasteiger partial charge in [-0.2, -0.15) is 5.26 Å². The number of nitrogens with zero attached hydrogens (tertiary/aromatic N) is 1. The number of carbonyl (C=O) groups excluding carboxylic acids is 1. The van der Waals surface area contributed by atoms with Gasteiger partial charge in [-0.3, -0.25) is 4.79 Å². The van der Waals surface area contributed by atoms with Crippen molar-refractivity contribution < 1.29 is 4.79 Å². The van der Waals surface area contributed by atoms with Crippen LogP contribution in [0.15, 0.2) is 0 Å². The number of nitrogens with one attached hydrogen (secondary N) is 1. The molecule has 0 radical (unpaired) electrons. The molecule has 0 saturated heterocycles. The molecule has 1 N–H and O–H groups in total. The Balaban J connectivity index is 1.74. The summed E-state index contributed by atoms with van der Waals surface area (Å²) < 4.78 is 0. The molecule has 4 heteroatoms. The van der Waals surface area contributed by atoms with Crippen molar-refractivity contribution in [1.82, 2.24) is 0 Å². The van der Waals surface area contributed by atoms with E-state index in [-0.39, 0.29) is 11.8 Å². The highest BCUT2D eigenvalue weighted by molar-refractivity contribution is 7.16. The van der Waals surface area contributed by atoms with E-state index < -0.39 is 0 Å². The van der Waals surface area contributed by atoms with E-state index in [1.807, 2.05) is 13.8 Å². The molecule has 0 bridgehead atoms. The minimum absolute atomic E-state index is 0.111. The van der Waals surface area contributed by atoms with Crippen LogP contribution in [0, 0.1) is 42.9 Å². The van der Waals surface area contributed by atoms with Crippen molar-refractivity contribution in [3.63, 3.8) is 0 Å². The van der Waals surface area contributed by atoms with Crippen LogP contribution in [-0.2, 0) is 4.79 Å². The number of nitriles is 1. The molecule has 0 aromatic carbocycles. The number of amides is 1. The number of rotatable bonds is 2. The average molecular weight is 260 g/mol. The third-order valence-electron chi connectivity index (χ3n) is 4.35. The Hall–Kier alpha value is -1.34. The number of fused-ring (bicyclic) bond motifs is 1. The second-order valence-corrected chi connectivity index (χ2v) is 6.74. The summed E-state index contributed by atoms with van der Waals surface area (Å²) in [6.07, 6.45) is 3.41. The maximum absolute atomic E-state index is 12.2. The van der Waals surface area contributed by atoms with Crippen molar-refractivity contribution in [2.45, 2.75) is 33.1 Å². The highest BCUT2D eigenvalue weighted by Gasteiger charge is 2.48. The second-order valence-electron chi connectivity index (χ2n) is 5.51. The van der Waals surface area contributed by atoms with E-state index in [1.165, 1.54) is 17.8 Å². The topological polar surface area (TPSA) is 52.9 Å². The molecule has 1 aromatic rings. The van der Waals surface area contributed by atoms with Gasteiger partial charge in [-0.15, -0.1) is 11.3 Å². The summed E-state index contributed by atoms with van der Waals surface area (Å²) in [6.45, 7) is 3.92. The SMILES string of the molecule is Cc1sc(NC(=O)C2CC3CC3C2)c(C#N)c1C. The normalized spacial score (nSPS) is 28.6. The van der Waals surface area contributed by atoms with Gasteiger partial charge in [0.05, 0.1) is 5.56 Å². The Morgan fingerprint density at radius 1 is 1.33 bits per heavy atom. The minimum Gasteiger partial charge on any atom is -0.316 e. The van der Waals surface area contributed by atoms with Crippen molar-refractivity contribution in [3.8, 4) is 6.07 Å². The zero-order valence-corrected chi connectivity index (χ0v) is 11.4. The first-order valence-electron chi connectivity index (χ1n) is 6.41. The molecule has 0 spiro atoms. The molecule has 2 fully saturated rings. The van der Waals surface area contributed by atoms with E-state index in [2.05, 4.69) is 11.4 Å². The fraction of sp³-hybridized carbons (Fsp3) is 0.571. The Kier molecular flexibility index (Phi) is 2.67. The molecule has 2 unspecified atom stereocenters. The fourth-order valence-corrected chi connectivity index (χ4v) is 4.01. The van der Waals surface area contributed by atoms with E-state index in [0.717, 1.165) is 40.1 Å². The van der Waals surface area contributed by atoms with Gasteiger partial charge in [0.15, 0.2) is 0 Å². The van der Waals surface area contributed by atoms with E-state index in [0.29, 0.717) is 5.56 Å². The molecular weight excluding hydrogens is 244 g/mol. The Labute approximate surface area is 111 Å². The maximum atomic E-state index is 12.2. The van der Waals surface area contributed by atoms with Crippen LogP contribution in [0.25, 0.3) is 0 Å². The van der Waals surface area contributed by atoms with Gasteiger partial charge >= 0.3 is 0 Å². The van der Waals surface area contributed by atoms with Gasteiger partial charge < -0.3 is 5.32 Å². The molecule has 2 aliphatic carbocycles. The van der Waals surface area contributed by atoms with E-state index in [4.69, 9.17) is 5.26 Å². The first kappa shape index (κ1) is 11.7. The molecule has 3 nitrogen and oxygen atoms in total. The first-order valence-corrected chi connectivity index (χ1v) is 7.22. The third kappa shape index (κ3) is 1.83. The summed E-state index contributed by atoms with van der Waals surface area (Å²) in [4.78, 5) is 13.3. The van der Waals surface area contributed by atoms with Gasteiger partial charge in [-0.1, -0.05) is 0 Å². The van der Waals surface area contributed by atoms with Gasteiger partial charge in [-0.05, 0) is 50.5 Å². The molecule has 2 atom stereocenters. The molecule has 3 rings (SSSR count). The summed E-state index contributed by atoms with van der Waals surface area (Å²) in [5.74, 6) is 1.90. The minimum atomic E-state index is 0.111. The van der Waals surface area contributed by atoms with Crippen LogP contribution < -0.4 is 5.32 Å². The highest BCUT2D eigenvalue weighted by atomic mass is 32.1. The summed E-state index contributed by atoms with van der Waals surface area (Å²) in [6, 6.07) is 2.19. The average Bonchev–Trinajstić information content (AvgIpc) is 2.85. The molecule has 94 valence electrons. The maximum Gasteiger partial charge on any atom is 0.228 e. The van der Waals surface area contributed by atoms with Crippen LogP contribution in [0.1, 0.15) is 35.3 Å². The van der Waals surface area contributed by atoms with Crippen molar-refractivity contribution in [3.05, 3.63) is 16.0 Å². The number of aryl methyl sites for hydroxylation is 1. The lowest BCUT2D eigenvalue weighted by Crippen LogP contribution is -2.21. The summed E-state index contributed by atoms with van der Waals surface area (Å²) >= 11 is 1.51. The van der Waals surface area contributed by atoms with Crippen LogP contribution in [0.5, 0.6) is 0 Å². The van der Waals surface area contributed by atoms with Crippen LogP contribution in [0.3, 0.4) is 0 Å². The Bertz CT molecular complexity index is 545. The van der Waals surface area contributed by atoms with E-state index in [9.17, 15) is 4.79 Å². The molecule has 0 aliphatic heterocycles. The smallest absolute Gasteiger partial charge is 0.228 e. The van der Waals surface area contributed by atoms with Gasteiger partial charge in [0.1, 0.15) is 11.1 Å². The monoisotopic (exact) mass is 260 g/mol. The van der Waals surface area contributed by atoms with Crippen molar-refractivity contribution in [1.29, 1.82) is 5.26 Å². The Morgan fingerprint density at radius 3 is 2.61 bits per heavy atom. The number of carbonyl (C=O) groups is 1. The number of hydrogen-bond donors (Lipinski definition) is 1. The molecule has 1 aromatic heterocycles. The van der Waals surface area contributed by atoms with Crippen molar-refractivity contribution in [2.75, 3.05) is 5.32 Å². The standard InChI is InChI=1S/C14H16N2OS/c1-7-8(2)18-14(12(7)6-15)16-13(17)11-4-9-3-10(9)5-11/h9-11H,3-5H2,1-2H3,(H,16,17). The number of thiophene rings is 1. The van der Waals surface area contributed by atoms with Crippen LogP contribution in [0.4, 0.5) is 5.00 Å². The summed E-state index contributed by atoms with van der Waals surface area (Å²) in [5, 5.41) is 12.8. The zero-order chi connectivity index (χ0) is 12.9. The van der Waals surface area contributed by atoms with Crippen LogP contribution >= 0.6 is 11.3 Å². The lowest BCUT2D eigenvalue weighted by atomic mass is 10.0. The second kappa shape index (κ2) is 4.10. The molecule has 18 heavy (non-hydrogen) atoms. The lowest BCUT2D eigenvalue weighted by Gasteiger charge is -2.11. The van der Waals surface area contributed by atoms with Gasteiger partial charge in [0.25, 0.3) is 0 Å². The zero-order valence-electron chi connectivity index (χ0n) is 10.6. The summed E-state index contributed by atoms with van der Waals surface area (Å²) in [5.41, 5.74) is 1.63. The first-order chi connectivity index (χ1) is 8.60. The van der Waals surface area contributed by atoms with Crippen LogP contribution in [-0.4, -0.2) is 5.91 Å². The molecule has 2 aliphatic rings. The van der Waals surface area contributed by atoms with Gasteiger partial charge in [-0.25, -0.2) is 0 Å². The Morgan fingerprint density at radius 2 is 2.00 bits per heavy atom. The summed E-state index contributed by atoms with van der Waals surface area (Å²) in [7, 11) is 0. The fourth-order valence-electron chi connectivity index (χ4n) is 2.99. The molecule has 1 heterocycles. The molecule has 1 amide bonds. The largest absolute Gasteiger partial charge is 0.316 e. The van der Waals surface area contributed by atoms with Crippen molar-refractivity contribution >= 4 is 22.2 Å². The predicted octanol–water partition coefficient (Wildman–Crippen LogP) is 3.22. The predicted molar refractivity (Wildman–Crippen MR) is 71.5 cm³/mol. The van der Waals surface area contributed by atoms with Crippen molar-refractivity contribution in [2.24, 2.45) is 17.8 Å². The van der Waals surface area contributed by atoms with Gasteiger partial charge in [0.2, 0.25) is 5.91 Å². The van der Waals surface area contributed by atoms with Crippen LogP contribution in [0.2, 0.25) is 0 Å². The van der Waals surface area contributed by atoms with E-state index in [1.54, 1.807) is 0 Å². The highest BCUT2D eigenvalue weighted by Crippen LogP contribution is 2.54. The number of hydrogen-bond acceptors (Lipinski definition) is 3.